The van der Waals surface area contributed by atoms with Gasteiger partial charge < -0.3 is 14.7 Å². The maximum absolute atomic E-state index is 12.2. The predicted octanol–water partition coefficient (Wildman–Crippen LogP) is 6.66. The van der Waals surface area contributed by atoms with Crippen molar-refractivity contribution in [2.45, 2.75) is 33.1 Å². The Bertz CT molecular complexity index is 1590. The van der Waals surface area contributed by atoms with Crippen LogP contribution in [0.1, 0.15) is 43.1 Å². The zero-order valence-corrected chi connectivity index (χ0v) is 20.8. The highest BCUT2D eigenvalue weighted by Gasteiger charge is 2.18. The van der Waals surface area contributed by atoms with Crippen molar-refractivity contribution in [3.8, 4) is 22.6 Å². The van der Waals surface area contributed by atoms with E-state index in [1.807, 2.05) is 37.3 Å². The molecule has 4 aromatic heterocycles. The maximum atomic E-state index is 12.2. The summed E-state index contributed by atoms with van der Waals surface area (Å²) >= 11 is 0. The molecule has 0 aliphatic carbocycles. The third-order valence-electron chi connectivity index (χ3n) is 6.16. The minimum absolute atomic E-state index is 0.00217. The number of fused-ring (bicyclic) bond motifs is 1. The Morgan fingerprint density at radius 2 is 2.08 bits per heavy atom. The number of carbonyl (C=O) groups is 1. The van der Waals surface area contributed by atoms with Crippen LogP contribution in [-0.2, 0) is 4.79 Å². The number of hydrogen-bond donors (Lipinski definition) is 3. The average molecular weight is 493 g/mol. The molecule has 1 amide bonds. The van der Waals surface area contributed by atoms with Crippen LogP contribution in [0, 0.1) is 6.92 Å². The second-order valence-corrected chi connectivity index (χ2v) is 8.83. The molecule has 0 atom stereocenters. The molecule has 5 aromatic rings. The highest BCUT2D eigenvalue weighted by Crippen LogP contribution is 2.32. The molecule has 0 bridgehead atoms. The number of amides is 1. The first-order chi connectivity index (χ1) is 18.1. The number of imidazole rings is 1. The fourth-order valence-corrected chi connectivity index (χ4v) is 4.28. The van der Waals surface area contributed by atoms with Gasteiger partial charge in [0.15, 0.2) is 5.82 Å². The first kappa shape index (κ1) is 24.0. The Morgan fingerprint density at radius 3 is 2.86 bits per heavy atom. The molecule has 186 valence electrons. The summed E-state index contributed by atoms with van der Waals surface area (Å²) in [5, 5.41) is 11.5. The van der Waals surface area contributed by atoms with Crippen molar-refractivity contribution >= 4 is 28.1 Å². The van der Waals surface area contributed by atoms with E-state index >= 15 is 0 Å². The number of nitrogens with zero attached hydrogens (tertiary/aromatic N) is 3. The minimum atomic E-state index is -0.00217. The average Bonchev–Trinajstić information content (AvgIpc) is 3.66. The number of carbonyl (C=O) groups excluding carboxylic acids is 1. The van der Waals surface area contributed by atoms with Gasteiger partial charge in [-0.25, -0.2) is 4.98 Å². The monoisotopic (exact) mass is 492 g/mol. The standard InChI is InChI=1S/C29H28N6O2/c1-4-6-8-26(36)32-22-13-21(15-30-16-22)19-9-10-25-24(14-19)28(35-34-25)29-31-18(3)27(33-29)23(7-5-2)20-11-12-37-17-20/h5,7,9-17H,2,4,6,8H2,1,3H3,(H,31,33)(H,32,36)(H,34,35)/b23-7-. The molecule has 0 fully saturated rings. The second-order valence-electron chi connectivity index (χ2n) is 8.83. The fraction of sp³-hybridized carbons (Fsp3) is 0.172. The van der Waals surface area contributed by atoms with E-state index in [9.17, 15) is 4.79 Å². The summed E-state index contributed by atoms with van der Waals surface area (Å²) in [6.07, 6.45) is 12.8. The van der Waals surface area contributed by atoms with E-state index in [0.717, 1.165) is 57.4 Å². The van der Waals surface area contributed by atoms with Crippen LogP contribution >= 0.6 is 0 Å². The lowest BCUT2D eigenvalue weighted by Gasteiger charge is -2.07. The summed E-state index contributed by atoms with van der Waals surface area (Å²) in [5.41, 5.74) is 7.69. The lowest BCUT2D eigenvalue weighted by molar-refractivity contribution is -0.116. The number of aryl methyl sites for hydroxylation is 1. The summed E-state index contributed by atoms with van der Waals surface area (Å²) in [6.45, 7) is 7.89. The number of furan rings is 1. The molecule has 0 radical (unpaired) electrons. The second kappa shape index (κ2) is 10.5. The number of hydrogen-bond acceptors (Lipinski definition) is 5. The number of aromatic nitrogens is 5. The van der Waals surface area contributed by atoms with E-state index < -0.39 is 0 Å². The summed E-state index contributed by atoms with van der Waals surface area (Å²) in [4.78, 5) is 24.8. The van der Waals surface area contributed by atoms with E-state index in [1.54, 1.807) is 31.0 Å². The first-order valence-electron chi connectivity index (χ1n) is 12.2. The minimum Gasteiger partial charge on any atom is -0.472 e. The van der Waals surface area contributed by atoms with Gasteiger partial charge in [0.2, 0.25) is 5.91 Å². The largest absolute Gasteiger partial charge is 0.472 e. The predicted molar refractivity (Wildman–Crippen MR) is 146 cm³/mol. The van der Waals surface area contributed by atoms with Crippen LogP contribution in [0.4, 0.5) is 5.69 Å². The van der Waals surface area contributed by atoms with E-state index in [0.29, 0.717) is 23.6 Å². The van der Waals surface area contributed by atoms with Crippen molar-refractivity contribution in [3.63, 3.8) is 0 Å². The zero-order valence-electron chi connectivity index (χ0n) is 20.8. The normalized spacial score (nSPS) is 11.7. The number of allylic oxidation sites excluding steroid dienone is 2. The number of unbranched alkanes of at least 4 members (excludes halogenated alkanes) is 1. The van der Waals surface area contributed by atoms with Crippen molar-refractivity contribution < 1.29 is 9.21 Å². The Kier molecular flexibility index (Phi) is 6.81. The van der Waals surface area contributed by atoms with Gasteiger partial charge in [0.05, 0.1) is 35.6 Å². The molecule has 0 aliphatic rings. The van der Waals surface area contributed by atoms with E-state index in [4.69, 9.17) is 9.40 Å². The van der Waals surface area contributed by atoms with Crippen LogP contribution < -0.4 is 5.32 Å². The van der Waals surface area contributed by atoms with Gasteiger partial charge in [0, 0.05) is 40.4 Å². The van der Waals surface area contributed by atoms with E-state index in [2.05, 4.69) is 45.1 Å². The van der Waals surface area contributed by atoms with Crippen LogP contribution in [0.15, 0.2) is 78.4 Å². The molecule has 1 aromatic carbocycles. The van der Waals surface area contributed by atoms with Crippen LogP contribution in [-0.4, -0.2) is 31.1 Å². The molecule has 37 heavy (non-hydrogen) atoms. The molecule has 0 saturated carbocycles. The van der Waals surface area contributed by atoms with Gasteiger partial charge in [-0.05, 0) is 43.2 Å². The smallest absolute Gasteiger partial charge is 0.224 e. The van der Waals surface area contributed by atoms with Gasteiger partial charge in [-0.2, -0.15) is 5.10 Å². The SMILES string of the molecule is C=C/C=C(/c1ccoc1)c1nc(-c2n[nH]c3ccc(-c4cncc(NC(=O)CCCC)c4)cc23)[nH]c1C. The van der Waals surface area contributed by atoms with Crippen molar-refractivity contribution in [1.29, 1.82) is 0 Å². The Balaban J connectivity index is 1.49. The topological polar surface area (TPSA) is 112 Å². The lowest BCUT2D eigenvalue weighted by Crippen LogP contribution is -2.11. The number of nitrogens with one attached hydrogen (secondary N) is 3. The van der Waals surface area contributed by atoms with Crippen LogP contribution in [0.3, 0.4) is 0 Å². The first-order valence-corrected chi connectivity index (χ1v) is 12.2. The lowest BCUT2D eigenvalue weighted by atomic mass is 10.0. The number of benzene rings is 1. The summed E-state index contributed by atoms with van der Waals surface area (Å²) < 4.78 is 5.28. The zero-order chi connectivity index (χ0) is 25.8. The number of aromatic amines is 2. The van der Waals surface area contributed by atoms with Crippen molar-refractivity contribution in [2.75, 3.05) is 5.32 Å². The maximum Gasteiger partial charge on any atom is 0.224 e. The molecular weight excluding hydrogens is 464 g/mol. The Hall–Kier alpha value is -4.72. The quantitative estimate of drug-likeness (QED) is 0.199. The van der Waals surface area contributed by atoms with Crippen molar-refractivity contribution in [3.05, 3.63) is 90.9 Å². The molecular formula is C29H28N6O2. The van der Waals surface area contributed by atoms with Crippen LogP contribution in [0.5, 0.6) is 0 Å². The molecule has 0 unspecified atom stereocenters. The van der Waals surface area contributed by atoms with Gasteiger partial charge in [-0.15, -0.1) is 0 Å². The Labute approximate surface area is 214 Å². The van der Waals surface area contributed by atoms with E-state index in [-0.39, 0.29) is 5.91 Å². The third-order valence-corrected chi connectivity index (χ3v) is 6.16. The van der Waals surface area contributed by atoms with Crippen molar-refractivity contribution in [2.24, 2.45) is 0 Å². The van der Waals surface area contributed by atoms with E-state index in [1.165, 1.54) is 0 Å². The molecule has 0 saturated heterocycles. The van der Waals surface area contributed by atoms with Gasteiger partial charge in [0.1, 0.15) is 5.69 Å². The summed E-state index contributed by atoms with van der Waals surface area (Å²) in [5.74, 6) is 0.655. The molecule has 8 nitrogen and oxygen atoms in total. The molecule has 8 heteroatoms. The number of rotatable bonds is 9. The number of anilines is 1. The molecule has 5 rings (SSSR count). The summed E-state index contributed by atoms with van der Waals surface area (Å²) in [6, 6.07) is 9.88. The highest BCUT2D eigenvalue weighted by atomic mass is 16.3. The number of H-pyrrole nitrogens is 2. The van der Waals surface area contributed by atoms with Gasteiger partial charge in [-0.1, -0.05) is 38.1 Å². The fourth-order valence-electron chi connectivity index (χ4n) is 4.28. The molecule has 0 spiro atoms. The van der Waals surface area contributed by atoms with Gasteiger partial charge in [0.25, 0.3) is 0 Å². The summed E-state index contributed by atoms with van der Waals surface area (Å²) in [7, 11) is 0. The molecule has 0 aliphatic heterocycles. The Morgan fingerprint density at radius 1 is 1.19 bits per heavy atom. The van der Waals surface area contributed by atoms with Crippen LogP contribution in [0.2, 0.25) is 0 Å². The van der Waals surface area contributed by atoms with Crippen molar-refractivity contribution in [1.82, 2.24) is 25.1 Å². The highest BCUT2D eigenvalue weighted by molar-refractivity contribution is 5.95. The van der Waals surface area contributed by atoms with Gasteiger partial charge in [-0.3, -0.25) is 14.9 Å². The molecule has 3 N–H and O–H groups in total. The number of pyridine rings is 1. The third kappa shape index (κ3) is 4.99. The van der Waals surface area contributed by atoms with Crippen LogP contribution in [0.25, 0.3) is 39.1 Å². The molecule has 4 heterocycles. The van der Waals surface area contributed by atoms with Gasteiger partial charge >= 0.3 is 0 Å².